The molecule has 20 heavy (non-hydrogen) atoms. The Kier molecular flexibility index (Phi) is 3.38. The van der Waals surface area contributed by atoms with Gasteiger partial charge in [-0.15, -0.1) is 0 Å². The molecule has 6 nitrogen and oxygen atoms in total. The monoisotopic (exact) mass is 275 g/mol. The van der Waals surface area contributed by atoms with Crippen LogP contribution < -0.4 is 10.9 Å². The fourth-order valence-corrected chi connectivity index (χ4v) is 2.33. The highest BCUT2D eigenvalue weighted by Crippen LogP contribution is 2.38. The Morgan fingerprint density at radius 1 is 1.30 bits per heavy atom. The summed E-state index contributed by atoms with van der Waals surface area (Å²) in [7, 11) is 0. The third kappa shape index (κ3) is 2.79. The van der Waals surface area contributed by atoms with Gasteiger partial charge in [-0.2, -0.15) is 5.10 Å². The molecule has 1 amide bonds. The van der Waals surface area contributed by atoms with E-state index >= 15 is 0 Å². The number of rotatable bonds is 5. The molecule has 1 aromatic heterocycles. The topological polar surface area (TPSA) is 81.1 Å². The molecule has 0 radical (unpaired) electrons. The Balaban J connectivity index is 1.52. The lowest BCUT2D eigenvalue weighted by Gasteiger charge is -2.22. The zero-order valence-corrected chi connectivity index (χ0v) is 11.2. The zero-order chi connectivity index (χ0) is 14.1. The van der Waals surface area contributed by atoms with E-state index in [2.05, 4.69) is 10.4 Å². The number of ketones is 1. The summed E-state index contributed by atoms with van der Waals surface area (Å²) in [5, 5.41) is 7.08. The van der Waals surface area contributed by atoms with Gasteiger partial charge < -0.3 is 5.32 Å². The van der Waals surface area contributed by atoms with E-state index in [1.54, 1.807) is 6.07 Å². The number of nitrogens with zero attached hydrogens (tertiary/aromatic N) is 2. The number of Topliss-reactive ketones (excluding diaryl/α,β-unsaturated/α-hetero) is 1. The molecule has 1 N–H and O–H groups in total. The van der Waals surface area contributed by atoms with Crippen molar-refractivity contribution in [1.82, 2.24) is 15.1 Å². The maximum Gasteiger partial charge on any atom is 0.266 e. The summed E-state index contributed by atoms with van der Waals surface area (Å²) in [5.74, 6) is 0.360. The van der Waals surface area contributed by atoms with E-state index in [-0.39, 0.29) is 23.2 Å². The van der Waals surface area contributed by atoms with Gasteiger partial charge in [0, 0.05) is 31.4 Å². The second kappa shape index (κ2) is 5.19. The smallest absolute Gasteiger partial charge is 0.266 e. The minimum Gasteiger partial charge on any atom is -0.354 e. The van der Waals surface area contributed by atoms with E-state index in [9.17, 15) is 14.4 Å². The van der Waals surface area contributed by atoms with Crippen LogP contribution in [-0.2, 0) is 16.1 Å². The quantitative estimate of drug-likeness (QED) is 0.833. The van der Waals surface area contributed by atoms with Gasteiger partial charge in [-0.3, -0.25) is 14.4 Å². The Hall–Kier alpha value is -1.98. The number of hydrogen-bond acceptors (Lipinski definition) is 4. The van der Waals surface area contributed by atoms with Crippen LogP contribution in [0.15, 0.2) is 16.9 Å². The first-order chi connectivity index (χ1) is 9.63. The third-order valence-corrected chi connectivity index (χ3v) is 3.82. The number of carbonyl (C=O) groups is 2. The molecular formula is C14H17N3O3. The predicted molar refractivity (Wildman–Crippen MR) is 71.2 cm³/mol. The number of amides is 1. The maximum absolute atomic E-state index is 11.7. The molecule has 2 aliphatic carbocycles. The van der Waals surface area contributed by atoms with Crippen molar-refractivity contribution in [1.29, 1.82) is 0 Å². The Morgan fingerprint density at radius 3 is 2.70 bits per heavy atom. The molecule has 0 unspecified atom stereocenters. The average Bonchev–Trinajstić information content (AvgIpc) is 3.21. The number of hydrogen-bond donors (Lipinski definition) is 1. The standard InChI is InChI=1S/C14H17N3O3/c18-11-7-10(8-11)14(20)15-5-6-17-13(19)4-3-12(16-17)9-1-2-9/h3-4,9-10H,1-2,5-8H2,(H,15,20). The second-order valence-corrected chi connectivity index (χ2v) is 5.53. The van der Waals surface area contributed by atoms with Crippen LogP contribution in [-0.4, -0.2) is 28.0 Å². The number of nitrogens with one attached hydrogen (secondary N) is 1. The first-order valence-electron chi connectivity index (χ1n) is 7.01. The third-order valence-electron chi connectivity index (χ3n) is 3.82. The summed E-state index contributed by atoms with van der Waals surface area (Å²) in [6, 6.07) is 3.32. The lowest BCUT2D eigenvalue weighted by molar-refractivity contribution is -0.138. The van der Waals surface area contributed by atoms with Gasteiger partial charge in [-0.25, -0.2) is 4.68 Å². The molecule has 106 valence electrons. The van der Waals surface area contributed by atoms with Crippen molar-refractivity contribution in [3.63, 3.8) is 0 Å². The van der Waals surface area contributed by atoms with Gasteiger partial charge in [0.1, 0.15) is 5.78 Å². The fraction of sp³-hybridized carbons (Fsp3) is 0.571. The van der Waals surface area contributed by atoms with Crippen molar-refractivity contribution in [2.24, 2.45) is 5.92 Å². The van der Waals surface area contributed by atoms with Gasteiger partial charge in [0.05, 0.1) is 18.2 Å². The summed E-state index contributed by atoms with van der Waals surface area (Å²) < 4.78 is 1.40. The van der Waals surface area contributed by atoms with Crippen LogP contribution in [0.1, 0.15) is 37.3 Å². The summed E-state index contributed by atoms with van der Waals surface area (Å²) >= 11 is 0. The van der Waals surface area contributed by atoms with Crippen LogP contribution in [0.3, 0.4) is 0 Å². The zero-order valence-electron chi connectivity index (χ0n) is 11.2. The minimum absolute atomic E-state index is 0.101. The van der Waals surface area contributed by atoms with Crippen LogP contribution in [0.25, 0.3) is 0 Å². The Labute approximate surface area is 116 Å². The van der Waals surface area contributed by atoms with Crippen LogP contribution in [0.2, 0.25) is 0 Å². The van der Waals surface area contributed by atoms with Crippen molar-refractivity contribution in [2.75, 3.05) is 6.54 Å². The number of carbonyl (C=O) groups excluding carboxylic acids is 2. The molecule has 0 aliphatic heterocycles. The van der Waals surface area contributed by atoms with Crippen LogP contribution in [0.5, 0.6) is 0 Å². The lowest BCUT2D eigenvalue weighted by Crippen LogP contribution is -2.40. The van der Waals surface area contributed by atoms with Crippen molar-refractivity contribution in [3.8, 4) is 0 Å². The second-order valence-electron chi connectivity index (χ2n) is 5.53. The highest BCUT2D eigenvalue weighted by molar-refractivity contribution is 5.96. The van der Waals surface area contributed by atoms with Gasteiger partial charge in [0.2, 0.25) is 5.91 Å². The average molecular weight is 275 g/mol. The van der Waals surface area contributed by atoms with Crippen LogP contribution in [0, 0.1) is 5.92 Å². The van der Waals surface area contributed by atoms with Gasteiger partial charge in [-0.05, 0) is 18.9 Å². The van der Waals surface area contributed by atoms with Crippen LogP contribution in [0.4, 0.5) is 0 Å². The van der Waals surface area contributed by atoms with E-state index in [1.807, 2.05) is 0 Å². The summed E-state index contributed by atoms with van der Waals surface area (Å²) in [6.07, 6.45) is 2.97. The van der Waals surface area contributed by atoms with E-state index in [4.69, 9.17) is 0 Å². The molecule has 2 fully saturated rings. The highest BCUT2D eigenvalue weighted by Gasteiger charge is 2.32. The predicted octanol–water partition coefficient (Wildman–Crippen LogP) is 0.216. The molecule has 0 saturated heterocycles. The molecule has 1 heterocycles. The highest BCUT2D eigenvalue weighted by atomic mass is 16.2. The maximum atomic E-state index is 11.7. The Morgan fingerprint density at radius 2 is 2.05 bits per heavy atom. The van der Waals surface area contributed by atoms with Crippen molar-refractivity contribution >= 4 is 11.7 Å². The molecule has 2 aliphatic rings. The van der Waals surface area contributed by atoms with E-state index in [0.29, 0.717) is 31.8 Å². The molecule has 3 rings (SSSR count). The molecule has 1 aromatic rings. The van der Waals surface area contributed by atoms with Crippen molar-refractivity contribution < 1.29 is 9.59 Å². The molecule has 0 spiro atoms. The van der Waals surface area contributed by atoms with Gasteiger partial charge >= 0.3 is 0 Å². The molecule has 2 saturated carbocycles. The molecular weight excluding hydrogens is 258 g/mol. The Bertz CT molecular complexity index is 596. The number of aromatic nitrogens is 2. The molecule has 0 bridgehead atoms. The largest absolute Gasteiger partial charge is 0.354 e. The van der Waals surface area contributed by atoms with E-state index in [1.165, 1.54) is 10.7 Å². The summed E-state index contributed by atoms with van der Waals surface area (Å²) in [5.41, 5.74) is 0.808. The molecule has 0 aromatic carbocycles. The van der Waals surface area contributed by atoms with Crippen molar-refractivity contribution in [3.05, 3.63) is 28.2 Å². The van der Waals surface area contributed by atoms with E-state index < -0.39 is 0 Å². The lowest BCUT2D eigenvalue weighted by atomic mass is 9.83. The van der Waals surface area contributed by atoms with Gasteiger partial charge in [0.25, 0.3) is 5.56 Å². The summed E-state index contributed by atoms with van der Waals surface area (Å²) in [6.45, 7) is 0.732. The summed E-state index contributed by atoms with van der Waals surface area (Å²) in [4.78, 5) is 34.2. The molecule has 0 atom stereocenters. The minimum atomic E-state index is -0.176. The normalized spacial score (nSPS) is 18.7. The van der Waals surface area contributed by atoms with Crippen LogP contribution >= 0.6 is 0 Å². The SMILES string of the molecule is O=C1CC(C(=O)NCCn2nc(C3CC3)ccc2=O)C1. The first-order valence-corrected chi connectivity index (χ1v) is 7.01. The van der Waals surface area contributed by atoms with E-state index in [0.717, 1.165) is 18.5 Å². The van der Waals surface area contributed by atoms with Gasteiger partial charge in [-0.1, -0.05) is 0 Å². The fourth-order valence-electron chi connectivity index (χ4n) is 2.33. The first kappa shape index (κ1) is 13.0. The van der Waals surface area contributed by atoms with Crippen molar-refractivity contribution in [2.45, 2.75) is 38.1 Å². The van der Waals surface area contributed by atoms with Gasteiger partial charge in [0.15, 0.2) is 0 Å². The molecule has 6 heteroatoms.